The zero-order chi connectivity index (χ0) is 15.9. The molecule has 0 heterocycles. The maximum atomic E-state index is 11.9. The number of nitrogens with one attached hydrogen (secondary N) is 1. The number of hydrogen-bond donors (Lipinski definition) is 1. The van der Waals surface area contributed by atoms with Gasteiger partial charge in [0, 0.05) is 15.9 Å². The van der Waals surface area contributed by atoms with Gasteiger partial charge in [-0.1, -0.05) is 17.7 Å². The van der Waals surface area contributed by atoms with E-state index in [-0.39, 0.29) is 5.91 Å². The van der Waals surface area contributed by atoms with Gasteiger partial charge in [0.2, 0.25) is 5.91 Å². The minimum Gasteiger partial charge on any atom is -0.494 e. The smallest absolute Gasteiger partial charge is 0.224 e. The van der Waals surface area contributed by atoms with Crippen molar-refractivity contribution in [2.75, 3.05) is 11.9 Å². The molecule has 2 aromatic carbocycles. The average Bonchev–Trinajstić information content (AvgIpc) is 2.48. The van der Waals surface area contributed by atoms with Crippen molar-refractivity contribution in [3.05, 3.63) is 57.5 Å². The third kappa shape index (κ3) is 5.35. The van der Waals surface area contributed by atoms with Crippen molar-refractivity contribution in [3.63, 3.8) is 0 Å². The number of benzene rings is 2. The lowest BCUT2D eigenvalue weighted by atomic mass is 10.2. The second kappa shape index (κ2) is 8.20. The standard InChI is InChI=1S/C17H17BrClNO2/c1-12-4-9-16(15(18)11-12)20-17(21)3-2-10-22-14-7-5-13(19)6-8-14/h4-9,11H,2-3,10H2,1H3,(H,20,21). The number of aryl methyl sites for hydroxylation is 1. The van der Waals surface area contributed by atoms with Gasteiger partial charge in [0.1, 0.15) is 5.75 Å². The van der Waals surface area contributed by atoms with Gasteiger partial charge in [-0.3, -0.25) is 4.79 Å². The molecule has 1 amide bonds. The van der Waals surface area contributed by atoms with Crippen LogP contribution >= 0.6 is 27.5 Å². The molecule has 0 aliphatic rings. The summed E-state index contributed by atoms with van der Waals surface area (Å²) < 4.78 is 6.44. The summed E-state index contributed by atoms with van der Waals surface area (Å²) in [5, 5.41) is 3.56. The Bertz CT molecular complexity index is 644. The Morgan fingerprint density at radius 2 is 1.95 bits per heavy atom. The normalized spacial score (nSPS) is 10.3. The second-order valence-corrected chi connectivity index (χ2v) is 6.23. The Balaban J connectivity index is 1.72. The molecule has 22 heavy (non-hydrogen) atoms. The first-order chi connectivity index (χ1) is 10.5. The van der Waals surface area contributed by atoms with Gasteiger partial charge in [-0.05, 0) is 71.2 Å². The zero-order valence-corrected chi connectivity index (χ0v) is 14.6. The highest BCUT2D eigenvalue weighted by molar-refractivity contribution is 9.10. The highest BCUT2D eigenvalue weighted by Crippen LogP contribution is 2.23. The van der Waals surface area contributed by atoms with Gasteiger partial charge in [0.15, 0.2) is 0 Å². The Kier molecular flexibility index (Phi) is 6.28. The number of hydrogen-bond acceptors (Lipinski definition) is 2. The van der Waals surface area contributed by atoms with Gasteiger partial charge in [-0.25, -0.2) is 0 Å². The van der Waals surface area contributed by atoms with Crippen LogP contribution in [0.2, 0.25) is 5.02 Å². The van der Waals surface area contributed by atoms with E-state index in [1.54, 1.807) is 12.1 Å². The molecular formula is C17H17BrClNO2. The maximum absolute atomic E-state index is 11.9. The Morgan fingerprint density at radius 3 is 2.64 bits per heavy atom. The van der Waals surface area contributed by atoms with E-state index in [1.807, 2.05) is 37.3 Å². The molecule has 1 N–H and O–H groups in total. The van der Waals surface area contributed by atoms with Crippen LogP contribution in [0.1, 0.15) is 18.4 Å². The number of amides is 1. The highest BCUT2D eigenvalue weighted by atomic mass is 79.9. The predicted octanol–water partition coefficient (Wildman–Crippen LogP) is 5.21. The summed E-state index contributed by atoms with van der Waals surface area (Å²) >= 11 is 9.25. The Morgan fingerprint density at radius 1 is 1.23 bits per heavy atom. The van der Waals surface area contributed by atoms with Gasteiger partial charge >= 0.3 is 0 Å². The number of ether oxygens (including phenoxy) is 1. The fourth-order valence-corrected chi connectivity index (χ4v) is 2.61. The summed E-state index contributed by atoms with van der Waals surface area (Å²) in [6.07, 6.45) is 1.06. The number of rotatable bonds is 6. The van der Waals surface area contributed by atoms with Crippen LogP contribution in [-0.2, 0) is 4.79 Å². The van der Waals surface area contributed by atoms with Crippen LogP contribution in [0.3, 0.4) is 0 Å². The van der Waals surface area contributed by atoms with Crippen LogP contribution in [0, 0.1) is 6.92 Å². The number of halogens is 2. The molecule has 0 saturated heterocycles. The number of carbonyl (C=O) groups excluding carboxylic acids is 1. The number of anilines is 1. The highest BCUT2D eigenvalue weighted by Gasteiger charge is 2.06. The number of carbonyl (C=O) groups is 1. The fourth-order valence-electron chi connectivity index (χ4n) is 1.89. The molecule has 2 aromatic rings. The van der Waals surface area contributed by atoms with Gasteiger partial charge < -0.3 is 10.1 Å². The third-order valence-electron chi connectivity index (χ3n) is 3.03. The lowest BCUT2D eigenvalue weighted by molar-refractivity contribution is -0.116. The first-order valence-electron chi connectivity index (χ1n) is 6.99. The maximum Gasteiger partial charge on any atom is 0.224 e. The van der Waals surface area contributed by atoms with E-state index < -0.39 is 0 Å². The molecule has 0 saturated carbocycles. The summed E-state index contributed by atoms with van der Waals surface area (Å²) in [5.41, 5.74) is 1.93. The summed E-state index contributed by atoms with van der Waals surface area (Å²) in [4.78, 5) is 11.9. The second-order valence-electron chi connectivity index (χ2n) is 4.94. The van der Waals surface area contributed by atoms with Crippen LogP contribution in [0.15, 0.2) is 46.9 Å². The molecule has 3 nitrogen and oxygen atoms in total. The molecule has 2 rings (SSSR count). The molecule has 5 heteroatoms. The quantitative estimate of drug-likeness (QED) is 0.697. The van der Waals surface area contributed by atoms with Crippen LogP contribution in [0.25, 0.3) is 0 Å². The minimum atomic E-state index is -0.0238. The van der Waals surface area contributed by atoms with Crippen molar-refractivity contribution < 1.29 is 9.53 Å². The van der Waals surface area contributed by atoms with Crippen LogP contribution in [0.4, 0.5) is 5.69 Å². The monoisotopic (exact) mass is 381 g/mol. The third-order valence-corrected chi connectivity index (χ3v) is 3.94. The van der Waals surface area contributed by atoms with Crippen LogP contribution in [0.5, 0.6) is 5.75 Å². The fraction of sp³-hybridized carbons (Fsp3) is 0.235. The van der Waals surface area contributed by atoms with E-state index in [2.05, 4.69) is 21.2 Å². The molecule has 0 unspecified atom stereocenters. The predicted molar refractivity (Wildman–Crippen MR) is 93.7 cm³/mol. The van der Waals surface area contributed by atoms with Crippen LogP contribution < -0.4 is 10.1 Å². The first-order valence-corrected chi connectivity index (χ1v) is 8.16. The van der Waals surface area contributed by atoms with Gasteiger partial charge in [-0.15, -0.1) is 0 Å². The molecule has 116 valence electrons. The van der Waals surface area contributed by atoms with Gasteiger partial charge in [-0.2, -0.15) is 0 Å². The van der Waals surface area contributed by atoms with Crippen molar-refractivity contribution in [2.24, 2.45) is 0 Å². The van der Waals surface area contributed by atoms with Gasteiger partial charge in [0.25, 0.3) is 0 Å². The topological polar surface area (TPSA) is 38.3 Å². The molecule has 0 aromatic heterocycles. The SMILES string of the molecule is Cc1ccc(NC(=O)CCCOc2ccc(Cl)cc2)c(Br)c1. The van der Waals surface area contributed by atoms with Crippen molar-refractivity contribution in [2.45, 2.75) is 19.8 Å². The minimum absolute atomic E-state index is 0.0238. The Labute approximate surface area is 143 Å². The average molecular weight is 383 g/mol. The largest absolute Gasteiger partial charge is 0.494 e. The van der Waals surface area contributed by atoms with E-state index in [4.69, 9.17) is 16.3 Å². The van der Waals surface area contributed by atoms with Crippen molar-refractivity contribution in [1.82, 2.24) is 0 Å². The lowest BCUT2D eigenvalue weighted by Gasteiger charge is -2.09. The van der Waals surface area contributed by atoms with E-state index in [9.17, 15) is 4.79 Å². The molecular weight excluding hydrogens is 366 g/mol. The van der Waals surface area contributed by atoms with Crippen molar-refractivity contribution in [1.29, 1.82) is 0 Å². The lowest BCUT2D eigenvalue weighted by Crippen LogP contribution is -2.13. The molecule has 0 bridgehead atoms. The van der Waals surface area contributed by atoms with E-state index in [1.165, 1.54) is 0 Å². The Hall–Kier alpha value is -1.52. The summed E-state index contributed by atoms with van der Waals surface area (Å²) in [5.74, 6) is 0.732. The first kappa shape index (κ1) is 16.8. The summed E-state index contributed by atoms with van der Waals surface area (Å²) in [6, 6.07) is 13.0. The molecule has 0 radical (unpaired) electrons. The zero-order valence-electron chi connectivity index (χ0n) is 12.2. The van der Waals surface area contributed by atoms with Gasteiger partial charge in [0.05, 0.1) is 12.3 Å². The molecule has 0 atom stereocenters. The van der Waals surface area contributed by atoms with Crippen LogP contribution in [-0.4, -0.2) is 12.5 Å². The van der Waals surface area contributed by atoms with E-state index >= 15 is 0 Å². The summed E-state index contributed by atoms with van der Waals surface area (Å²) in [6.45, 7) is 2.49. The van der Waals surface area contributed by atoms with E-state index in [0.29, 0.717) is 24.5 Å². The molecule has 0 fully saturated rings. The summed E-state index contributed by atoms with van der Waals surface area (Å²) in [7, 11) is 0. The molecule has 0 aliphatic carbocycles. The van der Waals surface area contributed by atoms with E-state index in [0.717, 1.165) is 21.5 Å². The molecule has 0 aliphatic heterocycles. The molecule has 0 spiro atoms. The van der Waals surface area contributed by atoms with Crippen molar-refractivity contribution in [3.8, 4) is 5.75 Å². The van der Waals surface area contributed by atoms with Crippen molar-refractivity contribution >= 4 is 39.1 Å².